The number of carbonyl (C=O) groups is 2. The molecular formula is C22H21N7O5. The third-order valence-electron chi connectivity index (χ3n) is 5.29. The minimum absolute atomic E-state index is 0.0451. The molecule has 0 saturated carbocycles. The molecule has 2 N–H and O–H groups in total. The van der Waals surface area contributed by atoms with Gasteiger partial charge in [-0.2, -0.15) is 5.10 Å². The summed E-state index contributed by atoms with van der Waals surface area (Å²) in [6, 6.07) is 9.89. The highest BCUT2D eigenvalue weighted by Gasteiger charge is 2.26. The van der Waals surface area contributed by atoms with E-state index in [1.54, 1.807) is 59.1 Å². The minimum atomic E-state index is -0.781. The number of pyridine rings is 1. The molecule has 4 heterocycles. The molecule has 12 nitrogen and oxygen atoms in total. The van der Waals surface area contributed by atoms with Gasteiger partial charge in [0.05, 0.1) is 19.4 Å². The SMILES string of the molecule is Cn1ncc(C(=O)N2CCOCC2)c1OC(=O)Nc1ccn2nc(-c3cccc(O)c3)nc2c1. The van der Waals surface area contributed by atoms with Crippen LogP contribution in [-0.2, 0) is 11.8 Å². The number of aromatic nitrogens is 5. The standard InChI is InChI=1S/C22H21N7O5/c1-27-21(17(13-23-27)20(31)28-7-9-33-10-8-28)34-22(32)24-15-5-6-29-18(12-15)25-19(26-29)14-3-2-4-16(30)11-14/h2-6,11-13,30H,7-10H2,1H3,(H,24,32). The summed E-state index contributed by atoms with van der Waals surface area (Å²) in [7, 11) is 1.59. The van der Waals surface area contributed by atoms with E-state index >= 15 is 0 Å². The Bertz CT molecular complexity index is 1370. The largest absolute Gasteiger partial charge is 0.508 e. The second kappa shape index (κ2) is 8.83. The Morgan fingerprint density at radius 3 is 2.79 bits per heavy atom. The third kappa shape index (κ3) is 4.26. The minimum Gasteiger partial charge on any atom is -0.508 e. The van der Waals surface area contributed by atoms with E-state index in [-0.39, 0.29) is 23.1 Å². The van der Waals surface area contributed by atoms with Crippen LogP contribution in [0.1, 0.15) is 10.4 Å². The molecule has 34 heavy (non-hydrogen) atoms. The number of phenols is 1. The summed E-state index contributed by atoms with van der Waals surface area (Å²) in [5.74, 6) is 0.312. The number of nitrogens with zero attached hydrogens (tertiary/aromatic N) is 6. The predicted molar refractivity (Wildman–Crippen MR) is 120 cm³/mol. The number of aryl methyl sites for hydroxylation is 1. The number of rotatable bonds is 4. The van der Waals surface area contributed by atoms with Crippen LogP contribution in [-0.4, -0.2) is 72.7 Å². The number of aromatic hydroxyl groups is 1. The zero-order valence-electron chi connectivity index (χ0n) is 18.2. The molecule has 4 aromatic rings. The monoisotopic (exact) mass is 463 g/mol. The van der Waals surface area contributed by atoms with E-state index in [2.05, 4.69) is 20.5 Å². The molecule has 3 aromatic heterocycles. The van der Waals surface area contributed by atoms with E-state index < -0.39 is 6.09 Å². The van der Waals surface area contributed by atoms with Crippen molar-refractivity contribution in [2.75, 3.05) is 31.6 Å². The number of hydrogen-bond acceptors (Lipinski definition) is 8. The average molecular weight is 463 g/mol. The van der Waals surface area contributed by atoms with Gasteiger partial charge in [0.15, 0.2) is 11.5 Å². The highest BCUT2D eigenvalue weighted by atomic mass is 16.6. The number of fused-ring (bicyclic) bond motifs is 1. The zero-order chi connectivity index (χ0) is 23.7. The van der Waals surface area contributed by atoms with E-state index in [1.807, 2.05) is 0 Å². The molecule has 1 aliphatic rings. The molecule has 2 amide bonds. The average Bonchev–Trinajstić information content (AvgIpc) is 3.42. The number of nitrogens with one attached hydrogen (secondary N) is 1. The lowest BCUT2D eigenvalue weighted by Gasteiger charge is -2.26. The van der Waals surface area contributed by atoms with Crippen LogP contribution in [0.4, 0.5) is 10.5 Å². The fourth-order valence-corrected chi connectivity index (χ4v) is 3.59. The summed E-state index contributed by atoms with van der Waals surface area (Å²) in [5, 5.41) is 20.8. The first-order valence-electron chi connectivity index (χ1n) is 10.5. The maximum atomic E-state index is 12.8. The maximum absolute atomic E-state index is 12.8. The number of carbonyl (C=O) groups excluding carboxylic acids is 2. The van der Waals surface area contributed by atoms with Crippen LogP contribution in [0.3, 0.4) is 0 Å². The second-order valence-corrected chi connectivity index (χ2v) is 7.61. The van der Waals surface area contributed by atoms with Gasteiger partial charge >= 0.3 is 6.09 Å². The lowest BCUT2D eigenvalue weighted by atomic mass is 10.2. The summed E-state index contributed by atoms with van der Waals surface area (Å²) in [4.78, 5) is 31.5. The van der Waals surface area contributed by atoms with Crippen molar-refractivity contribution in [3.63, 3.8) is 0 Å². The van der Waals surface area contributed by atoms with Crippen molar-refractivity contribution in [3.05, 3.63) is 54.4 Å². The Hall–Kier alpha value is -4.45. The smallest absolute Gasteiger partial charge is 0.418 e. The third-order valence-corrected chi connectivity index (χ3v) is 5.29. The van der Waals surface area contributed by atoms with Crippen LogP contribution in [0.2, 0.25) is 0 Å². The summed E-state index contributed by atoms with van der Waals surface area (Å²) in [6.07, 6.45) is 2.24. The Morgan fingerprint density at radius 1 is 1.18 bits per heavy atom. The van der Waals surface area contributed by atoms with Crippen molar-refractivity contribution in [2.45, 2.75) is 0 Å². The van der Waals surface area contributed by atoms with E-state index in [9.17, 15) is 14.7 Å². The predicted octanol–water partition coefficient (Wildman–Crippen LogP) is 1.92. The number of anilines is 1. The Kier molecular flexibility index (Phi) is 5.55. The summed E-state index contributed by atoms with van der Waals surface area (Å²) >= 11 is 0. The molecule has 0 unspecified atom stereocenters. The fourth-order valence-electron chi connectivity index (χ4n) is 3.59. The van der Waals surface area contributed by atoms with Crippen molar-refractivity contribution in [3.8, 4) is 23.0 Å². The molecule has 0 radical (unpaired) electrons. The molecule has 1 fully saturated rings. The molecule has 12 heteroatoms. The van der Waals surface area contributed by atoms with Gasteiger partial charge in [0.25, 0.3) is 5.91 Å². The van der Waals surface area contributed by atoms with Crippen molar-refractivity contribution in [1.82, 2.24) is 29.3 Å². The van der Waals surface area contributed by atoms with Crippen LogP contribution in [0.15, 0.2) is 48.8 Å². The fraction of sp³-hybridized carbons (Fsp3) is 0.227. The first kappa shape index (κ1) is 21.4. The second-order valence-electron chi connectivity index (χ2n) is 7.61. The van der Waals surface area contributed by atoms with Crippen LogP contribution < -0.4 is 10.1 Å². The van der Waals surface area contributed by atoms with Crippen molar-refractivity contribution < 1.29 is 24.2 Å². The van der Waals surface area contributed by atoms with Gasteiger partial charge in [-0.1, -0.05) is 12.1 Å². The summed E-state index contributed by atoms with van der Waals surface area (Å²) in [5.41, 5.74) is 1.77. The number of ether oxygens (including phenoxy) is 2. The van der Waals surface area contributed by atoms with Crippen LogP contribution in [0.5, 0.6) is 11.6 Å². The van der Waals surface area contributed by atoms with Gasteiger partial charge in [-0.05, 0) is 18.2 Å². The zero-order valence-corrected chi connectivity index (χ0v) is 18.2. The van der Waals surface area contributed by atoms with Crippen LogP contribution in [0.25, 0.3) is 17.0 Å². The first-order chi connectivity index (χ1) is 16.5. The molecular weight excluding hydrogens is 442 g/mol. The lowest BCUT2D eigenvalue weighted by Crippen LogP contribution is -2.40. The number of amides is 2. The topological polar surface area (TPSA) is 136 Å². The van der Waals surface area contributed by atoms with Gasteiger partial charge in [-0.3, -0.25) is 10.1 Å². The molecule has 0 aliphatic carbocycles. The number of morpholine rings is 1. The lowest BCUT2D eigenvalue weighted by molar-refractivity contribution is 0.0301. The van der Waals surface area contributed by atoms with Crippen molar-refractivity contribution in [2.24, 2.45) is 7.05 Å². The van der Waals surface area contributed by atoms with E-state index in [0.29, 0.717) is 49.0 Å². The molecule has 0 bridgehead atoms. The Labute approximate surface area is 193 Å². The maximum Gasteiger partial charge on any atom is 0.418 e. The normalized spacial score (nSPS) is 13.7. The quantitative estimate of drug-likeness (QED) is 0.469. The van der Waals surface area contributed by atoms with Gasteiger partial charge in [0.2, 0.25) is 5.88 Å². The van der Waals surface area contributed by atoms with Crippen molar-refractivity contribution in [1.29, 1.82) is 0 Å². The molecule has 174 valence electrons. The van der Waals surface area contributed by atoms with Crippen molar-refractivity contribution >= 4 is 23.3 Å². The number of hydrogen-bond donors (Lipinski definition) is 2. The molecule has 0 spiro atoms. The summed E-state index contributed by atoms with van der Waals surface area (Å²) in [6.45, 7) is 1.84. The van der Waals surface area contributed by atoms with Crippen LogP contribution in [0, 0.1) is 0 Å². The molecule has 1 aromatic carbocycles. The highest BCUT2D eigenvalue weighted by molar-refractivity contribution is 5.97. The number of benzene rings is 1. The Morgan fingerprint density at radius 2 is 2.00 bits per heavy atom. The Balaban J connectivity index is 1.31. The van der Waals surface area contributed by atoms with Gasteiger partial charge in [-0.25, -0.2) is 19.0 Å². The van der Waals surface area contributed by atoms with Gasteiger partial charge < -0.3 is 19.5 Å². The highest BCUT2D eigenvalue weighted by Crippen LogP contribution is 2.23. The van der Waals surface area contributed by atoms with Gasteiger partial charge in [0.1, 0.15) is 11.3 Å². The number of phenolic OH excluding ortho intramolecular Hbond substituents is 1. The van der Waals surface area contributed by atoms with Crippen LogP contribution >= 0.6 is 0 Å². The summed E-state index contributed by atoms with van der Waals surface area (Å²) < 4.78 is 13.6. The van der Waals surface area contributed by atoms with E-state index in [4.69, 9.17) is 9.47 Å². The van der Waals surface area contributed by atoms with Gasteiger partial charge in [0, 0.05) is 43.7 Å². The molecule has 1 saturated heterocycles. The molecule has 0 atom stereocenters. The van der Waals surface area contributed by atoms with Gasteiger partial charge in [-0.15, -0.1) is 5.10 Å². The van der Waals surface area contributed by atoms with E-state index in [0.717, 1.165) is 0 Å². The van der Waals surface area contributed by atoms with E-state index in [1.165, 1.54) is 10.9 Å². The molecule has 1 aliphatic heterocycles. The first-order valence-corrected chi connectivity index (χ1v) is 10.5. The molecule has 5 rings (SSSR count).